The zero-order valence-corrected chi connectivity index (χ0v) is 12.9. The highest BCUT2D eigenvalue weighted by Crippen LogP contribution is 2.19. The van der Waals surface area contributed by atoms with E-state index in [1.807, 2.05) is 12.2 Å². The Balaban J connectivity index is 3.42. The number of rotatable bonds is 12. The third kappa shape index (κ3) is 13.7. The Kier molecular flexibility index (Phi) is 12.0. The van der Waals surface area contributed by atoms with Crippen molar-refractivity contribution in [2.45, 2.75) is 77.3 Å². The summed E-state index contributed by atoms with van der Waals surface area (Å²) in [5, 5.41) is 0. The second kappa shape index (κ2) is 12.7. The van der Waals surface area contributed by atoms with Gasteiger partial charge in [-0.25, -0.2) is 0 Å². The number of carbonyl (C=O) groups is 1. The van der Waals surface area contributed by atoms with E-state index < -0.39 is 18.4 Å². The van der Waals surface area contributed by atoms with Gasteiger partial charge in [0, 0.05) is 6.42 Å². The molecule has 0 aromatic heterocycles. The van der Waals surface area contributed by atoms with Gasteiger partial charge in [-0.05, 0) is 32.1 Å². The minimum absolute atomic E-state index is 0.260. The smallest absolute Gasteiger partial charge is 0.290 e. The van der Waals surface area contributed by atoms with Crippen LogP contribution in [-0.4, -0.2) is 12.0 Å². The second-order valence-corrected chi connectivity index (χ2v) is 5.19. The minimum Gasteiger partial charge on any atom is -0.290 e. The van der Waals surface area contributed by atoms with Crippen LogP contribution in [-0.2, 0) is 4.79 Å². The molecular weight excluding hydrogens is 277 g/mol. The summed E-state index contributed by atoms with van der Waals surface area (Å²) < 4.78 is 35.8. The number of hydrogen-bond acceptors (Lipinski definition) is 1. The van der Waals surface area contributed by atoms with E-state index in [2.05, 4.69) is 19.1 Å². The summed E-state index contributed by atoms with van der Waals surface area (Å²) in [7, 11) is 0. The molecule has 0 atom stereocenters. The molecule has 0 unspecified atom stereocenters. The van der Waals surface area contributed by atoms with E-state index >= 15 is 0 Å². The number of unbranched alkanes of at least 4 members (excludes halogenated alkanes) is 6. The van der Waals surface area contributed by atoms with Crippen molar-refractivity contribution in [2.75, 3.05) is 0 Å². The van der Waals surface area contributed by atoms with E-state index in [0.29, 0.717) is 6.42 Å². The highest BCUT2D eigenvalue weighted by Gasteiger charge is 2.36. The average molecular weight is 304 g/mol. The van der Waals surface area contributed by atoms with Crippen molar-refractivity contribution in [3.05, 3.63) is 24.3 Å². The molecule has 0 N–H and O–H groups in total. The molecule has 122 valence electrons. The van der Waals surface area contributed by atoms with Crippen LogP contribution in [0.25, 0.3) is 0 Å². The van der Waals surface area contributed by atoms with Crippen molar-refractivity contribution in [3.63, 3.8) is 0 Å². The first-order valence-corrected chi connectivity index (χ1v) is 7.88. The van der Waals surface area contributed by atoms with Gasteiger partial charge in [-0.1, -0.05) is 56.9 Å². The normalized spacial score (nSPS) is 12.6. The van der Waals surface area contributed by atoms with Crippen LogP contribution in [0.2, 0.25) is 0 Å². The molecule has 0 bridgehead atoms. The van der Waals surface area contributed by atoms with E-state index in [-0.39, 0.29) is 6.42 Å². The summed E-state index contributed by atoms with van der Waals surface area (Å²) in [6.07, 6.45) is 12.0. The van der Waals surface area contributed by atoms with Gasteiger partial charge in [0.1, 0.15) is 0 Å². The van der Waals surface area contributed by atoms with E-state index in [1.165, 1.54) is 32.1 Å². The number of halogens is 3. The summed E-state index contributed by atoms with van der Waals surface area (Å²) in [6, 6.07) is 0. The molecule has 0 saturated carbocycles. The maximum atomic E-state index is 11.9. The van der Waals surface area contributed by atoms with Gasteiger partial charge in [0.05, 0.1) is 0 Å². The fourth-order valence-corrected chi connectivity index (χ4v) is 1.89. The molecule has 0 amide bonds. The van der Waals surface area contributed by atoms with E-state index in [4.69, 9.17) is 0 Å². The Morgan fingerprint density at radius 2 is 1.43 bits per heavy atom. The lowest BCUT2D eigenvalue weighted by Gasteiger charge is -2.02. The molecule has 0 spiro atoms. The van der Waals surface area contributed by atoms with E-state index in [9.17, 15) is 18.0 Å². The molecule has 0 radical (unpaired) electrons. The summed E-state index contributed by atoms with van der Waals surface area (Å²) in [5.74, 6) is -1.63. The third-order valence-corrected chi connectivity index (χ3v) is 3.17. The van der Waals surface area contributed by atoms with Crippen molar-refractivity contribution in [1.82, 2.24) is 0 Å². The zero-order chi connectivity index (χ0) is 16.0. The van der Waals surface area contributed by atoms with E-state index in [1.54, 1.807) is 0 Å². The Morgan fingerprint density at radius 3 is 2.00 bits per heavy atom. The number of ketones is 1. The molecule has 0 rings (SSSR count). The van der Waals surface area contributed by atoms with Crippen LogP contribution in [0.15, 0.2) is 24.3 Å². The Hall–Kier alpha value is -1.06. The monoisotopic (exact) mass is 304 g/mol. The van der Waals surface area contributed by atoms with Crippen LogP contribution in [0.4, 0.5) is 13.2 Å². The number of Topliss-reactive ketones (excluding diaryl/α,β-unsaturated/α-hetero) is 1. The van der Waals surface area contributed by atoms with Gasteiger partial charge in [-0.3, -0.25) is 4.79 Å². The molecule has 0 fully saturated rings. The van der Waals surface area contributed by atoms with Crippen molar-refractivity contribution in [2.24, 2.45) is 0 Å². The van der Waals surface area contributed by atoms with Crippen molar-refractivity contribution in [3.8, 4) is 0 Å². The average Bonchev–Trinajstić information content (AvgIpc) is 2.42. The van der Waals surface area contributed by atoms with Crippen LogP contribution in [0.5, 0.6) is 0 Å². The number of carbonyl (C=O) groups excluding carboxylic acids is 1. The molecule has 0 aliphatic rings. The first-order chi connectivity index (χ1) is 9.98. The molecule has 0 aliphatic heterocycles. The quantitative estimate of drug-likeness (QED) is 0.312. The summed E-state index contributed by atoms with van der Waals surface area (Å²) in [5.41, 5.74) is 0. The highest BCUT2D eigenvalue weighted by atomic mass is 19.4. The molecule has 0 aliphatic carbocycles. The van der Waals surface area contributed by atoms with E-state index in [0.717, 1.165) is 12.8 Å². The van der Waals surface area contributed by atoms with Crippen LogP contribution < -0.4 is 0 Å². The lowest BCUT2D eigenvalue weighted by Crippen LogP contribution is -2.22. The topological polar surface area (TPSA) is 17.1 Å². The van der Waals surface area contributed by atoms with Gasteiger partial charge < -0.3 is 0 Å². The maximum Gasteiger partial charge on any atom is 0.449 e. The fourth-order valence-electron chi connectivity index (χ4n) is 1.89. The second-order valence-electron chi connectivity index (χ2n) is 5.19. The first kappa shape index (κ1) is 19.9. The predicted molar refractivity (Wildman–Crippen MR) is 81.2 cm³/mol. The fraction of sp³-hybridized carbons (Fsp3) is 0.706. The van der Waals surface area contributed by atoms with Crippen molar-refractivity contribution < 1.29 is 18.0 Å². The Labute approximate surface area is 126 Å². The predicted octanol–water partition coefficient (Wildman–Crippen LogP) is 6.15. The van der Waals surface area contributed by atoms with Gasteiger partial charge in [-0.15, -0.1) is 0 Å². The minimum atomic E-state index is -4.68. The van der Waals surface area contributed by atoms with Gasteiger partial charge in [0.25, 0.3) is 0 Å². The lowest BCUT2D eigenvalue weighted by molar-refractivity contribution is -0.171. The number of hydrogen-bond donors (Lipinski definition) is 0. The van der Waals surface area contributed by atoms with Gasteiger partial charge in [0.15, 0.2) is 0 Å². The number of allylic oxidation sites excluding steroid dienone is 4. The van der Waals surface area contributed by atoms with Gasteiger partial charge in [-0.2, -0.15) is 13.2 Å². The van der Waals surface area contributed by atoms with Gasteiger partial charge in [0.2, 0.25) is 5.78 Å². The SMILES string of the molecule is CCCCCCC/C=C\C/C=C\CCCC(=O)C(F)(F)F. The number of alkyl halides is 3. The first-order valence-electron chi connectivity index (χ1n) is 7.88. The molecule has 0 aromatic carbocycles. The van der Waals surface area contributed by atoms with Crippen molar-refractivity contribution >= 4 is 5.78 Å². The van der Waals surface area contributed by atoms with Crippen LogP contribution in [0.1, 0.15) is 71.1 Å². The Morgan fingerprint density at radius 1 is 0.857 bits per heavy atom. The molecule has 0 heterocycles. The summed E-state index contributed by atoms with van der Waals surface area (Å²) in [4.78, 5) is 10.6. The van der Waals surface area contributed by atoms with Crippen LogP contribution in [0.3, 0.4) is 0 Å². The molecule has 0 aromatic rings. The molecule has 21 heavy (non-hydrogen) atoms. The standard InChI is InChI=1S/C17H27F3O/c1-2-3-4-5-6-7-8-9-10-11-12-13-14-15-16(21)17(18,19)20/h8-9,11-12H,2-7,10,13-15H2,1H3/b9-8-,12-11-. The molecular formula is C17H27F3O. The third-order valence-electron chi connectivity index (χ3n) is 3.17. The lowest BCUT2D eigenvalue weighted by atomic mass is 10.1. The maximum absolute atomic E-state index is 11.9. The zero-order valence-electron chi connectivity index (χ0n) is 12.9. The molecule has 1 nitrogen and oxygen atoms in total. The molecule has 0 saturated heterocycles. The highest BCUT2D eigenvalue weighted by molar-refractivity contribution is 5.83. The molecule has 4 heteroatoms. The van der Waals surface area contributed by atoms with Gasteiger partial charge >= 0.3 is 6.18 Å². The van der Waals surface area contributed by atoms with Crippen LogP contribution >= 0.6 is 0 Å². The summed E-state index contributed by atoms with van der Waals surface area (Å²) >= 11 is 0. The summed E-state index contributed by atoms with van der Waals surface area (Å²) in [6.45, 7) is 2.20. The van der Waals surface area contributed by atoms with Crippen molar-refractivity contribution in [1.29, 1.82) is 0 Å². The Bertz CT molecular complexity index is 316. The largest absolute Gasteiger partial charge is 0.449 e. The van der Waals surface area contributed by atoms with Crippen LogP contribution in [0, 0.1) is 0 Å².